The van der Waals surface area contributed by atoms with E-state index in [2.05, 4.69) is 26.1 Å². The highest BCUT2D eigenvalue weighted by atomic mass is 19.4. The van der Waals surface area contributed by atoms with Crippen molar-refractivity contribution in [3.63, 3.8) is 0 Å². The van der Waals surface area contributed by atoms with Crippen LogP contribution in [-0.2, 0) is 12.6 Å². The zero-order chi connectivity index (χ0) is 14.7. The van der Waals surface area contributed by atoms with Gasteiger partial charge in [-0.1, -0.05) is 39.0 Å². The third-order valence-corrected chi connectivity index (χ3v) is 3.37. The lowest BCUT2D eigenvalue weighted by Crippen LogP contribution is -2.38. The van der Waals surface area contributed by atoms with Gasteiger partial charge < -0.3 is 5.32 Å². The van der Waals surface area contributed by atoms with Crippen LogP contribution in [0.4, 0.5) is 13.2 Å². The molecular formula is C15H22F3N. The summed E-state index contributed by atoms with van der Waals surface area (Å²) >= 11 is 0. The first-order valence-electron chi connectivity index (χ1n) is 6.48. The molecular weight excluding hydrogens is 251 g/mol. The van der Waals surface area contributed by atoms with Crippen LogP contribution in [-0.4, -0.2) is 13.1 Å². The summed E-state index contributed by atoms with van der Waals surface area (Å²) < 4.78 is 37.8. The highest BCUT2D eigenvalue weighted by Crippen LogP contribution is 2.30. The van der Waals surface area contributed by atoms with Crippen molar-refractivity contribution >= 4 is 0 Å². The van der Waals surface area contributed by atoms with Crippen LogP contribution in [0.1, 0.15) is 38.3 Å². The van der Waals surface area contributed by atoms with Crippen molar-refractivity contribution in [1.82, 2.24) is 5.32 Å². The molecule has 1 unspecified atom stereocenters. The monoisotopic (exact) mass is 273 g/mol. The van der Waals surface area contributed by atoms with Gasteiger partial charge in [0.1, 0.15) is 0 Å². The number of alkyl halides is 3. The predicted octanol–water partition coefficient (Wildman–Crippen LogP) is 4.27. The Kier molecular flexibility index (Phi) is 5.02. The van der Waals surface area contributed by atoms with E-state index in [0.717, 1.165) is 18.1 Å². The molecule has 1 N–H and O–H groups in total. The minimum Gasteiger partial charge on any atom is -0.316 e. The van der Waals surface area contributed by atoms with Crippen molar-refractivity contribution in [2.75, 3.05) is 7.05 Å². The normalized spacial score (nSPS) is 14.5. The number of halogens is 3. The molecule has 1 rings (SSSR count). The fourth-order valence-corrected chi connectivity index (χ4v) is 2.22. The Morgan fingerprint density at radius 1 is 1.16 bits per heavy atom. The van der Waals surface area contributed by atoms with Gasteiger partial charge in [-0.15, -0.1) is 0 Å². The van der Waals surface area contributed by atoms with Gasteiger partial charge in [0.15, 0.2) is 0 Å². The molecule has 0 heterocycles. The van der Waals surface area contributed by atoms with E-state index in [4.69, 9.17) is 0 Å². The molecule has 1 aromatic carbocycles. The molecule has 0 fully saturated rings. The Morgan fingerprint density at radius 2 is 1.79 bits per heavy atom. The lowest BCUT2D eigenvalue weighted by molar-refractivity contribution is -0.137. The van der Waals surface area contributed by atoms with Gasteiger partial charge in [-0.25, -0.2) is 0 Å². The van der Waals surface area contributed by atoms with Crippen molar-refractivity contribution in [1.29, 1.82) is 0 Å². The molecule has 0 aliphatic carbocycles. The number of nitrogens with one attached hydrogen (secondary N) is 1. The second kappa shape index (κ2) is 5.95. The van der Waals surface area contributed by atoms with Crippen LogP contribution in [0.3, 0.4) is 0 Å². The average molecular weight is 273 g/mol. The van der Waals surface area contributed by atoms with Crippen LogP contribution < -0.4 is 5.32 Å². The second-order valence-corrected chi connectivity index (χ2v) is 5.94. The van der Waals surface area contributed by atoms with E-state index in [1.54, 1.807) is 6.07 Å². The van der Waals surface area contributed by atoms with E-state index < -0.39 is 11.7 Å². The smallest absolute Gasteiger partial charge is 0.316 e. The Labute approximate surface area is 113 Å². The SMILES string of the molecule is CNC(CCc1cccc(C(F)(F)F)c1)C(C)(C)C. The molecule has 0 bridgehead atoms. The largest absolute Gasteiger partial charge is 0.416 e. The quantitative estimate of drug-likeness (QED) is 0.863. The van der Waals surface area contributed by atoms with Gasteiger partial charge in [0.05, 0.1) is 5.56 Å². The topological polar surface area (TPSA) is 12.0 Å². The number of benzene rings is 1. The first kappa shape index (κ1) is 16.0. The van der Waals surface area contributed by atoms with Gasteiger partial charge in [-0.3, -0.25) is 0 Å². The van der Waals surface area contributed by atoms with Crippen LogP contribution >= 0.6 is 0 Å². The standard InChI is InChI=1S/C15H22F3N/c1-14(2,3)13(19-4)9-8-11-6-5-7-12(10-11)15(16,17)18/h5-7,10,13,19H,8-9H2,1-4H3. The van der Waals surface area contributed by atoms with Gasteiger partial charge >= 0.3 is 6.18 Å². The maximum atomic E-state index is 12.6. The number of rotatable bonds is 4. The van der Waals surface area contributed by atoms with Gasteiger partial charge in [0.25, 0.3) is 0 Å². The maximum Gasteiger partial charge on any atom is 0.416 e. The van der Waals surface area contributed by atoms with E-state index in [9.17, 15) is 13.2 Å². The third-order valence-electron chi connectivity index (χ3n) is 3.37. The van der Waals surface area contributed by atoms with Crippen molar-refractivity contribution < 1.29 is 13.2 Å². The molecule has 1 aromatic rings. The van der Waals surface area contributed by atoms with Gasteiger partial charge in [0, 0.05) is 6.04 Å². The van der Waals surface area contributed by atoms with E-state index in [0.29, 0.717) is 6.42 Å². The molecule has 4 heteroatoms. The van der Waals surface area contributed by atoms with Crippen molar-refractivity contribution in [3.05, 3.63) is 35.4 Å². The van der Waals surface area contributed by atoms with E-state index >= 15 is 0 Å². The average Bonchev–Trinajstić information content (AvgIpc) is 2.27. The van der Waals surface area contributed by atoms with Gasteiger partial charge in [-0.05, 0) is 36.9 Å². The summed E-state index contributed by atoms with van der Waals surface area (Å²) in [7, 11) is 1.89. The number of aryl methyl sites for hydroxylation is 1. The summed E-state index contributed by atoms with van der Waals surface area (Å²) in [5.74, 6) is 0. The van der Waals surface area contributed by atoms with Crippen LogP contribution in [0, 0.1) is 5.41 Å². The fourth-order valence-electron chi connectivity index (χ4n) is 2.22. The Hall–Kier alpha value is -1.03. The second-order valence-electron chi connectivity index (χ2n) is 5.94. The van der Waals surface area contributed by atoms with Crippen molar-refractivity contribution in [2.24, 2.45) is 5.41 Å². The number of hydrogen-bond acceptors (Lipinski definition) is 1. The zero-order valence-electron chi connectivity index (χ0n) is 11.9. The minimum absolute atomic E-state index is 0.0936. The molecule has 0 saturated carbocycles. The molecule has 1 atom stereocenters. The van der Waals surface area contributed by atoms with Crippen LogP contribution in [0.25, 0.3) is 0 Å². The molecule has 0 radical (unpaired) electrons. The number of hydrogen-bond donors (Lipinski definition) is 1. The van der Waals surface area contributed by atoms with Gasteiger partial charge in [-0.2, -0.15) is 13.2 Å². The third kappa shape index (κ3) is 4.86. The maximum absolute atomic E-state index is 12.6. The van der Waals surface area contributed by atoms with E-state index in [1.165, 1.54) is 12.1 Å². The Balaban J connectivity index is 2.73. The fraction of sp³-hybridized carbons (Fsp3) is 0.600. The lowest BCUT2D eigenvalue weighted by Gasteiger charge is -2.30. The summed E-state index contributed by atoms with van der Waals surface area (Å²) in [5.41, 5.74) is 0.261. The van der Waals surface area contributed by atoms with E-state index in [-0.39, 0.29) is 11.5 Å². The molecule has 19 heavy (non-hydrogen) atoms. The molecule has 0 aliphatic heterocycles. The molecule has 0 aliphatic rings. The first-order valence-corrected chi connectivity index (χ1v) is 6.48. The highest BCUT2D eigenvalue weighted by Gasteiger charge is 2.30. The summed E-state index contributed by atoms with van der Waals surface area (Å²) in [4.78, 5) is 0. The van der Waals surface area contributed by atoms with Crippen LogP contribution in [0.15, 0.2) is 24.3 Å². The van der Waals surface area contributed by atoms with Crippen molar-refractivity contribution in [2.45, 2.75) is 45.8 Å². The Bertz CT molecular complexity index is 405. The molecule has 0 saturated heterocycles. The summed E-state index contributed by atoms with van der Waals surface area (Å²) in [5, 5.41) is 3.23. The molecule has 0 amide bonds. The summed E-state index contributed by atoms with van der Waals surface area (Å²) in [6, 6.07) is 5.87. The minimum atomic E-state index is -4.26. The van der Waals surface area contributed by atoms with Crippen LogP contribution in [0.5, 0.6) is 0 Å². The molecule has 0 spiro atoms. The van der Waals surface area contributed by atoms with Gasteiger partial charge in [0.2, 0.25) is 0 Å². The first-order chi connectivity index (χ1) is 8.64. The molecule has 0 aromatic heterocycles. The molecule has 1 nitrogen and oxygen atoms in total. The molecule has 108 valence electrons. The van der Waals surface area contributed by atoms with Crippen molar-refractivity contribution in [3.8, 4) is 0 Å². The lowest BCUT2D eigenvalue weighted by atomic mass is 9.83. The Morgan fingerprint density at radius 3 is 2.26 bits per heavy atom. The zero-order valence-corrected chi connectivity index (χ0v) is 11.9. The van der Waals surface area contributed by atoms with Crippen LogP contribution in [0.2, 0.25) is 0 Å². The predicted molar refractivity (Wildman–Crippen MR) is 72.1 cm³/mol. The summed E-state index contributed by atoms with van der Waals surface area (Å²) in [6.07, 6.45) is -2.80. The summed E-state index contributed by atoms with van der Waals surface area (Å²) in [6.45, 7) is 6.38. The highest BCUT2D eigenvalue weighted by molar-refractivity contribution is 5.25. The van der Waals surface area contributed by atoms with E-state index in [1.807, 2.05) is 7.05 Å².